The Morgan fingerprint density at radius 3 is 2.19 bits per heavy atom. The molecule has 4 aromatic rings. The fourth-order valence-corrected chi connectivity index (χ4v) is 4.33. The van der Waals surface area contributed by atoms with Gasteiger partial charge in [0.15, 0.2) is 0 Å². The van der Waals surface area contributed by atoms with E-state index in [-0.39, 0.29) is 5.91 Å². The van der Waals surface area contributed by atoms with Crippen molar-refractivity contribution in [1.82, 2.24) is 0 Å². The number of thioether (sulfide) groups is 1. The maximum atomic E-state index is 13.8. The summed E-state index contributed by atoms with van der Waals surface area (Å²) in [6.07, 6.45) is 1.99. The van der Waals surface area contributed by atoms with Crippen LogP contribution in [0.2, 0.25) is 0 Å². The predicted octanol–water partition coefficient (Wildman–Crippen LogP) is 6.93. The molecule has 0 aliphatic carbocycles. The van der Waals surface area contributed by atoms with E-state index in [0.717, 1.165) is 33.0 Å². The van der Waals surface area contributed by atoms with Crippen LogP contribution in [0.15, 0.2) is 108 Å². The smallest absolute Gasteiger partial charge is 0.259 e. The number of hydrogen-bond acceptors (Lipinski definition) is 3. The molecule has 160 valence electrons. The molecule has 4 aromatic carbocycles. The van der Waals surface area contributed by atoms with Crippen LogP contribution in [-0.2, 0) is 6.54 Å². The number of carbonyl (C=O) groups excluding carboxylic acids is 1. The van der Waals surface area contributed by atoms with E-state index < -0.39 is 0 Å². The molecule has 0 atom stereocenters. The van der Waals surface area contributed by atoms with Gasteiger partial charge in [0, 0.05) is 10.6 Å². The van der Waals surface area contributed by atoms with Crippen LogP contribution in [0.5, 0.6) is 5.75 Å². The number of amides is 1. The van der Waals surface area contributed by atoms with Crippen LogP contribution < -0.4 is 9.64 Å². The number of rotatable bonds is 7. The zero-order valence-electron chi connectivity index (χ0n) is 18.2. The van der Waals surface area contributed by atoms with Crippen molar-refractivity contribution in [2.24, 2.45) is 0 Å². The average Bonchev–Trinajstić information content (AvgIpc) is 2.87. The van der Waals surface area contributed by atoms with Crippen LogP contribution in [0.4, 0.5) is 5.69 Å². The van der Waals surface area contributed by atoms with Gasteiger partial charge >= 0.3 is 0 Å². The van der Waals surface area contributed by atoms with Crippen molar-refractivity contribution in [2.45, 2.75) is 11.4 Å². The van der Waals surface area contributed by atoms with Gasteiger partial charge in [-0.25, -0.2) is 0 Å². The molecular formula is C28H25NO2S. The van der Waals surface area contributed by atoms with Crippen LogP contribution in [0.25, 0.3) is 11.1 Å². The van der Waals surface area contributed by atoms with E-state index in [1.165, 1.54) is 0 Å². The minimum absolute atomic E-state index is 0.0250. The lowest BCUT2D eigenvalue weighted by atomic mass is 9.99. The molecule has 1 amide bonds. The summed E-state index contributed by atoms with van der Waals surface area (Å²) in [6, 6.07) is 33.9. The third-order valence-electron chi connectivity index (χ3n) is 5.40. The van der Waals surface area contributed by atoms with Crippen molar-refractivity contribution in [3.05, 3.63) is 114 Å². The van der Waals surface area contributed by atoms with Gasteiger partial charge in [-0.1, -0.05) is 66.7 Å². The van der Waals surface area contributed by atoms with Gasteiger partial charge in [-0.05, 0) is 59.3 Å². The molecule has 0 radical (unpaired) electrons. The second kappa shape index (κ2) is 10.2. The number of methoxy groups -OCH3 is 1. The normalized spacial score (nSPS) is 10.6. The minimum Gasteiger partial charge on any atom is -0.497 e. The number of carbonyl (C=O) groups is 1. The van der Waals surface area contributed by atoms with E-state index in [4.69, 9.17) is 4.74 Å². The first-order valence-electron chi connectivity index (χ1n) is 10.4. The standard InChI is InChI=1S/C28H25NO2S/c1-31-24-18-16-23(17-19-24)29(28(30)26-14-8-9-15-27(26)32-2)20-22-12-6-7-13-25(22)21-10-4-3-5-11-21/h3-19H,20H2,1-2H3. The molecule has 0 fully saturated rings. The van der Waals surface area contributed by atoms with Gasteiger partial charge in [0.2, 0.25) is 0 Å². The summed E-state index contributed by atoms with van der Waals surface area (Å²) in [5.74, 6) is 0.735. The zero-order valence-corrected chi connectivity index (χ0v) is 19.0. The van der Waals surface area contributed by atoms with Gasteiger partial charge in [-0.3, -0.25) is 4.79 Å². The van der Waals surface area contributed by atoms with Crippen molar-refractivity contribution >= 4 is 23.4 Å². The molecule has 0 saturated heterocycles. The fourth-order valence-electron chi connectivity index (χ4n) is 3.74. The maximum absolute atomic E-state index is 13.8. The molecule has 0 aliphatic rings. The molecule has 0 bridgehead atoms. The molecule has 4 rings (SSSR count). The molecule has 32 heavy (non-hydrogen) atoms. The highest BCUT2D eigenvalue weighted by atomic mass is 32.2. The Kier molecular flexibility index (Phi) is 6.93. The summed E-state index contributed by atoms with van der Waals surface area (Å²) in [7, 11) is 1.64. The first-order chi connectivity index (χ1) is 15.7. The molecular weight excluding hydrogens is 414 g/mol. The van der Waals surface area contributed by atoms with Crippen LogP contribution in [0, 0.1) is 0 Å². The monoisotopic (exact) mass is 439 g/mol. The van der Waals surface area contributed by atoms with Crippen LogP contribution in [0.1, 0.15) is 15.9 Å². The SMILES string of the molecule is COc1ccc(N(Cc2ccccc2-c2ccccc2)C(=O)c2ccccc2SC)cc1. The topological polar surface area (TPSA) is 29.5 Å². The summed E-state index contributed by atoms with van der Waals surface area (Å²) in [6.45, 7) is 0.457. The van der Waals surface area contributed by atoms with E-state index in [2.05, 4.69) is 24.3 Å². The Bertz CT molecular complexity index is 1190. The number of hydrogen-bond donors (Lipinski definition) is 0. The minimum atomic E-state index is -0.0250. The molecule has 0 spiro atoms. The van der Waals surface area contributed by atoms with Gasteiger partial charge < -0.3 is 9.64 Å². The van der Waals surface area contributed by atoms with Crippen molar-refractivity contribution in [2.75, 3.05) is 18.3 Å². The van der Waals surface area contributed by atoms with Crippen LogP contribution in [0.3, 0.4) is 0 Å². The molecule has 4 heteroatoms. The van der Waals surface area contributed by atoms with Crippen molar-refractivity contribution in [1.29, 1.82) is 0 Å². The maximum Gasteiger partial charge on any atom is 0.259 e. The summed E-state index contributed by atoms with van der Waals surface area (Å²) < 4.78 is 5.32. The lowest BCUT2D eigenvalue weighted by Gasteiger charge is -2.25. The van der Waals surface area contributed by atoms with Gasteiger partial charge in [0.05, 0.1) is 19.2 Å². The average molecular weight is 440 g/mol. The number of benzene rings is 4. The third kappa shape index (κ3) is 4.71. The Morgan fingerprint density at radius 1 is 0.812 bits per heavy atom. The highest BCUT2D eigenvalue weighted by Gasteiger charge is 2.22. The molecule has 0 aliphatic heterocycles. The molecule has 0 saturated carbocycles. The predicted molar refractivity (Wildman–Crippen MR) is 134 cm³/mol. The van der Waals surface area contributed by atoms with E-state index in [1.807, 2.05) is 90.0 Å². The summed E-state index contributed by atoms with van der Waals surface area (Å²) >= 11 is 1.58. The second-order valence-electron chi connectivity index (χ2n) is 7.31. The first kappa shape index (κ1) is 21.7. The Morgan fingerprint density at radius 2 is 1.47 bits per heavy atom. The third-order valence-corrected chi connectivity index (χ3v) is 6.19. The molecule has 0 unspecified atom stereocenters. The fraction of sp³-hybridized carbons (Fsp3) is 0.107. The number of nitrogens with zero attached hydrogens (tertiary/aromatic N) is 1. The van der Waals surface area contributed by atoms with Crippen LogP contribution >= 0.6 is 11.8 Å². The number of anilines is 1. The highest BCUT2D eigenvalue weighted by molar-refractivity contribution is 7.98. The zero-order chi connectivity index (χ0) is 22.3. The first-order valence-corrected chi connectivity index (χ1v) is 11.7. The summed E-state index contributed by atoms with van der Waals surface area (Å²) in [4.78, 5) is 16.6. The lowest BCUT2D eigenvalue weighted by molar-refractivity contribution is 0.0982. The van der Waals surface area contributed by atoms with E-state index in [0.29, 0.717) is 12.1 Å². The second-order valence-corrected chi connectivity index (χ2v) is 8.16. The quantitative estimate of drug-likeness (QED) is 0.292. The van der Waals surface area contributed by atoms with Crippen molar-refractivity contribution in [3.63, 3.8) is 0 Å². The van der Waals surface area contributed by atoms with Crippen molar-refractivity contribution in [3.8, 4) is 16.9 Å². The highest BCUT2D eigenvalue weighted by Crippen LogP contribution is 2.30. The molecule has 3 nitrogen and oxygen atoms in total. The molecule has 0 heterocycles. The lowest BCUT2D eigenvalue weighted by Crippen LogP contribution is -2.31. The Hall–Kier alpha value is -3.50. The largest absolute Gasteiger partial charge is 0.497 e. The molecule has 0 aromatic heterocycles. The molecule has 0 N–H and O–H groups in total. The van der Waals surface area contributed by atoms with Crippen LogP contribution in [-0.4, -0.2) is 19.3 Å². The van der Waals surface area contributed by atoms with E-state index in [1.54, 1.807) is 18.9 Å². The summed E-state index contributed by atoms with van der Waals surface area (Å²) in [5, 5.41) is 0. The van der Waals surface area contributed by atoms with Gasteiger partial charge in [-0.15, -0.1) is 11.8 Å². The van der Waals surface area contributed by atoms with E-state index in [9.17, 15) is 4.79 Å². The van der Waals surface area contributed by atoms with Gasteiger partial charge in [0.1, 0.15) is 5.75 Å². The Balaban J connectivity index is 1.78. The van der Waals surface area contributed by atoms with Gasteiger partial charge in [0.25, 0.3) is 5.91 Å². The summed E-state index contributed by atoms with van der Waals surface area (Å²) in [5.41, 5.74) is 4.87. The van der Waals surface area contributed by atoms with Gasteiger partial charge in [-0.2, -0.15) is 0 Å². The van der Waals surface area contributed by atoms with Crippen molar-refractivity contribution < 1.29 is 9.53 Å². The number of ether oxygens (including phenoxy) is 1. The van der Waals surface area contributed by atoms with E-state index >= 15 is 0 Å². The Labute approximate surface area is 193 Å².